The van der Waals surface area contributed by atoms with Crippen LogP contribution in [0.2, 0.25) is 0 Å². The first-order chi connectivity index (χ1) is 9.95. The first-order valence-corrected chi connectivity index (χ1v) is 9.56. The molecule has 4 saturated carbocycles. The molecule has 2 unspecified atom stereocenters. The summed E-state index contributed by atoms with van der Waals surface area (Å²) in [6.45, 7) is 4.85. The highest BCUT2D eigenvalue weighted by molar-refractivity contribution is 6.22. The molecule has 0 radical (unpaired) electrons. The lowest BCUT2D eigenvalue weighted by Crippen LogP contribution is -2.56. The van der Waals surface area contributed by atoms with E-state index in [0.717, 1.165) is 18.3 Å². The molecule has 118 valence electrons. The van der Waals surface area contributed by atoms with E-state index in [2.05, 4.69) is 13.8 Å². The van der Waals surface area contributed by atoms with Gasteiger partial charge in [0.1, 0.15) is 5.78 Å². The van der Waals surface area contributed by atoms with Crippen molar-refractivity contribution in [3.8, 4) is 0 Å². The minimum absolute atomic E-state index is 0.0434. The van der Waals surface area contributed by atoms with Gasteiger partial charge in [0, 0.05) is 17.2 Å². The lowest BCUT2D eigenvalue weighted by molar-refractivity contribution is -0.154. The van der Waals surface area contributed by atoms with E-state index in [9.17, 15) is 4.79 Å². The van der Waals surface area contributed by atoms with Gasteiger partial charge in [-0.05, 0) is 74.0 Å². The average molecular weight is 309 g/mol. The number of rotatable bonds is 0. The first kappa shape index (κ1) is 14.5. The summed E-state index contributed by atoms with van der Waals surface area (Å²) < 4.78 is 0. The fraction of sp³-hybridized carbons (Fsp3) is 0.947. The van der Waals surface area contributed by atoms with E-state index >= 15 is 0 Å². The third-order valence-electron chi connectivity index (χ3n) is 8.23. The van der Waals surface area contributed by atoms with Gasteiger partial charge in [0.05, 0.1) is 0 Å². The van der Waals surface area contributed by atoms with Crippen molar-refractivity contribution >= 4 is 17.4 Å². The van der Waals surface area contributed by atoms with Gasteiger partial charge in [-0.15, -0.1) is 11.6 Å². The Kier molecular flexibility index (Phi) is 3.27. The van der Waals surface area contributed by atoms with Crippen LogP contribution < -0.4 is 0 Å². The zero-order valence-electron chi connectivity index (χ0n) is 13.5. The van der Waals surface area contributed by atoms with Gasteiger partial charge in [-0.25, -0.2) is 0 Å². The summed E-state index contributed by atoms with van der Waals surface area (Å²) in [5, 5.41) is 0.104. The summed E-state index contributed by atoms with van der Waals surface area (Å²) in [7, 11) is 0. The molecular weight excluding hydrogens is 280 g/mol. The van der Waals surface area contributed by atoms with Crippen molar-refractivity contribution in [2.45, 2.75) is 77.0 Å². The number of hydrogen-bond donors (Lipinski definition) is 0. The summed E-state index contributed by atoms with van der Waals surface area (Å²) in [5.74, 6) is 3.44. The van der Waals surface area contributed by atoms with E-state index in [0.29, 0.717) is 29.5 Å². The van der Waals surface area contributed by atoms with E-state index < -0.39 is 0 Å². The smallest absolute Gasteiger partial charge is 0.140 e. The molecule has 21 heavy (non-hydrogen) atoms. The molecule has 0 saturated heterocycles. The van der Waals surface area contributed by atoms with Crippen LogP contribution in [0.5, 0.6) is 0 Å². The molecule has 0 heterocycles. The maximum Gasteiger partial charge on any atom is 0.140 e. The Hall–Kier alpha value is -0.0400. The summed E-state index contributed by atoms with van der Waals surface area (Å²) in [5.41, 5.74) is 0.551. The van der Waals surface area contributed by atoms with Gasteiger partial charge in [-0.2, -0.15) is 0 Å². The molecule has 0 N–H and O–H groups in total. The molecule has 4 fully saturated rings. The van der Waals surface area contributed by atoms with Gasteiger partial charge in [-0.1, -0.05) is 20.3 Å². The number of halogens is 1. The highest BCUT2D eigenvalue weighted by Gasteiger charge is 2.60. The molecule has 0 spiro atoms. The van der Waals surface area contributed by atoms with Crippen LogP contribution in [0, 0.1) is 34.5 Å². The third kappa shape index (κ3) is 1.92. The zero-order chi connectivity index (χ0) is 14.8. The van der Waals surface area contributed by atoms with Crippen molar-refractivity contribution in [1.82, 2.24) is 0 Å². The number of hydrogen-bond acceptors (Lipinski definition) is 1. The van der Waals surface area contributed by atoms with E-state index in [1.54, 1.807) is 0 Å². The molecule has 0 aliphatic heterocycles. The second-order valence-electron chi connectivity index (χ2n) is 8.98. The van der Waals surface area contributed by atoms with Gasteiger partial charge in [0.25, 0.3) is 0 Å². The normalized spacial score (nSPS) is 56.5. The van der Waals surface area contributed by atoms with E-state index in [1.165, 1.54) is 44.9 Å². The van der Waals surface area contributed by atoms with Crippen molar-refractivity contribution in [2.75, 3.05) is 0 Å². The molecule has 4 rings (SSSR count). The van der Waals surface area contributed by atoms with Crippen LogP contribution in [-0.4, -0.2) is 11.2 Å². The van der Waals surface area contributed by atoms with Crippen molar-refractivity contribution in [1.29, 1.82) is 0 Å². The van der Waals surface area contributed by atoms with Crippen molar-refractivity contribution < 1.29 is 4.79 Å². The summed E-state index contributed by atoms with van der Waals surface area (Å²) in [4.78, 5) is 12.9. The number of ketones is 1. The van der Waals surface area contributed by atoms with Gasteiger partial charge < -0.3 is 0 Å². The second-order valence-corrected chi connectivity index (χ2v) is 9.60. The highest BCUT2D eigenvalue weighted by atomic mass is 35.5. The summed E-state index contributed by atoms with van der Waals surface area (Å²) in [6, 6.07) is 0. The number of Topliss-reactive ketones (excluding diaryl/α,β-unsaturated/α-hetero) is 1. The molecule has 7 atom stereocenters. The molecule has 0 aromatic carbocycles. The Morgan fingerprint density at radius 1 is 1.05 bits per heavy atom. The molecule has 4 aliphatic rings. The SMILES string of the molecule is C[C@@]12CCC[C@H]1[C@@H]1CCC3CC(Cl)CC(=O)[C@]3(C)[C@@H]1CC2. The van der Waals surface area contributed by atoms with Crippen LogP contribution >= 0.6 is 11.6 Å². The Balaban J connectivity index is 1.67. The Bertz CT molecular complexity index is 460. The van der Waals surface area contributed by atoms with E-state index in [4.69, 9.17) is 11.6 Å². The quantitative estimate of drug-likeness (QED) is 0.562. The number of carbonyl (C=O) groups is 1. The fourth-order valence-corrected chi connectivity index (χ4v) is 7.39. The second kappa shape index (κ2) is 4.73. The van der Waals surface area contributed by atoms with Gasteiger partial charge in [0.2, 0.25) is 0 Å². The summed E-state index contributed by atoms with van der Waals surface area (Å²) in [6.07, 6.45) is 11.2. The van der Waals surface area contributed by atoms with Gasteiger partial charge in [0.15, 0.2) is 0 Å². The van der Waals surface area contributed by atoms with Crippen LogP contribution in [0.3, 0.4) is 0 Å². The van der Waals surface area contributed by atoms with Crippen molar-refractivity contribution in [3.63, 3.8) is 0 Å². The van der Waals surface area contributed by atoms with E-state index in [1.807, 2.05) is 0 Å². The topological polar surface area (TPSA) is 17.1 Å². The lowest BCUT2D eigenvalue weighted by atomic mass is 9.45. The van der Waals surface area contributed by atoms with Crippen LogP contribution in [0.4, 0.5) is 0 Å². The molecule has 0 aromatic rings. The Labute approximate surface area is 134 Å². The maximum atomic E-state index is 12.9. The van der Waals surface area contributed by atoms with Crippen molar-refractivity contribution in [2.24, 2.45) is 34.5 Å². The van der Waals surface area contributed by atoms with Gasteiger partial charge >= 0.3 is 0 Å². The van der Waals surface area contributed by atoms with Gasteiger partial charge in [-0.3, -0.25) is 4.79 Å². The lowest BCUT2D eigenvalue weighted by Gasteiger charge is -2.59. The molecule has 1 nitrogen and oxygen atoms in total. The maximum absolute atomic E-state index is 12.9. The van der Waals surface area contributed by atoms with Crippen molar-refractivity contribution in [3.05, 3.63) is 0 Å². The average Bonchev–Trinajstić information content (AvgIpc) is 2.82. The molecule has 4 aliphatic carbocycles. The number of carbonyl (C=O) groups excluding carboxylic acids is 1. The molecule has 0 amide bonds. The largest absolute Gasteiger partial charge is 0.299 e. The fourth-order valence-electron chi connectivity index (χ4n) is 7.03. The Morgan fingerprint density at radius 3 is 2.67 bits per heavy atom. The number of alkyl halides is 1. The zero-order valence-corrected chi connectivity index (χ0v) is 14.3. The number of fused-ring (bicyclic) bond motifs is 5. The van der Waals surface area contributed by atoms with Crippen LogP contribution in [-0.2, 0) is 4.79 Å². The first-order valence-electron chi connectivity index (χ1n) is 9.12. The Morgan fingerprint density at radius 2 is 1.86 bits per heavy atom. The third-order valence-corrected chi connectivity index (χ3v) is 8.57. The molecule has 0 bridgehead atoms. The molecule has 0 aromatic heterocycles. The monoisotopic (exact) mass is 308 g/mol. The predicted octanol–water partition coefficient (Wildman–Crippen LogP) is 5.21. The predicted molar refractivity (Wildman–Crippen MR) is 86.4 cm³/mol. The minimum Gasteiger partial charge on any atom is -0.299 e. The van der Waals surface area contributed by atoms with Crippen LogP contribution in [0.1, 0.15) is 71.6 Å². The standard InChI is InChI=1S/C19H29ClO/c1-18-8-3-4-15(18)14-6-5-12-10-13(20)11-17(21)19(12,2)16(14)7-9-18/h12-16H,3-11H2,1-2H3/t12?,13?,14-,15-,16+,18-,19-/m0/s1. The highest BCUT2D eigenvalue weighted by Crippen LogP contribution is 2.65. The van der Waals surface area contributed by atoms with Crippen LogP contribution in [0.15, 0.2) is 0 Å². The minimum atomic E-state index is -0.0434. The van der Waals surface area contributed by atoms with E-state index in [-0.39, 0.29) is 10.8 Å². The summed E-state index contributed by atoms with van der Waals surface area (Å²) >= 11 is 6.36. The molecule has 2 heteroatoms. The molecular formula is C19H29ClO. The van der Waals surface area contributed by atoms with Crippen LogP contribution in [0.25, 0.3) is 0 Å².